The van der Waals surface area contributed by atoms with Gasteiger partial charge in [-0.15, -0.1) is 0 Å². The lowest BCUT2D eigenvalue weighted by Gasteiger charge is -2.26. The molecule has 1 saturated heterocycles. The van der Waals surface area contributed by atoms with Crippen LogP contribution in [-0.4, -0.2) is 44.9 Å². The monoisotopic (exact) mass is 500 g/mol. The van der Waals surface area contributed by atoms with Gasteiger partial charge in [0.1, 0.15) is 0 Å². The number of nitrogens with one attached hydrogen (secondary N) is 1. The molecule has 3 rings (SSSR count). The first-order valence-electron chi connectivity index (χ1n) is 8.55. The summed E-state index contributed by atoms with van der Waals surface area (Å²) in [6, 6.07) is 10.4. The van der Waals surface area contributed by atoms with Gasteiger partial charge in [0.05, 0.1) is 18.1 Å². The Morgan fingerprint density at radius 1 is 1.07 bits per heavy atom. The quantitative estimate of drug-likeness (QED) is 0.655. The van der Waals surface area contributed by atoms with E-state index in [-0.39, 0.29) is 10.8 Å². The maximum Gasteiger partial charge on any atom is 0.255 e. The first-order chi connectivity index (χ1) is 12.8. The number of anilines is 1. The Kier molecular flexibility index (Phi) is 6.19. The number of carbonyl (C=O) groups is 1. The summed E-state index contributed by atoms with van der Waals surface area (Å²) in [4.78, 5) is 12.9. The maximum atomic E-state index is 12.9. The molecular weight excluding hydrogens is 479 g/mol. The molecule has 1 amide bonds. The molecule has 2 aromatic rings. The second kappa shape index (κ2) is 8.26. The van der Waals surface area contributed by atoms with E-state index in [9.17, 15) is 13.2 Å². The minimum atomic E-state index is -3.65. The van der Waals surface area contributed by atoms with Crippen molar-refractivity contribution in [1.29, 1.82) is 0 Å². The van der Waals surface area contributed by atoms with Crippen LogP contribution in [0.3, 0.4) is 0 Å². The number of nitrogens with zero attached hydrogens (tertiary/aromatic N) is 1. The van der Waals surface area contributed by atoms with Crippen LogP contribution in [0.5, 0.6) is 0 Å². The topological polar surface area (TPSA) is 75.7 Å². The van der Waals surface area contributed by atoms with Crippen molar-refractivity contribution in [2.45, 2.75) is 18.7 Å². The Morgan fingerprint density at radius 3 is 2.44 bits per heavy atom. The second-order valence-electron chi connectivity index (χ2n) is 6.41. The van der Waals surface area contributed by atoms with E-state index < -0.39 is 10.0 Å². The molecule has 0 saturated carbocycles. The van der Waals surface area contributed by atoms with Crippen molar-refractivity contribution >= 4 is 44.2 Å². The van der Waals surface area contributed by atoms with Crippen LogP contribution in [0.2, 0.25) is 0 Å². The van der Waals surface area contributed by atoms with Gasteiger partial charge in [0, 0.05) is 27.9 Å². The fourth-order valence-corrected chi connectivity index (χ4v) is 4.98. The molecule has 0 aromatic heterocycles. The summed E-state index contributed by atoms with van der Waals surface area (Å²) in [6.07, 6.45) is 0. The molecule has 1 heterocycles. The van der Waals surface area contributed by atoms with Crippen molar-refractivity contribution in [2.24, 2.45) is 0 Å². The van der Waals surface area contributed by atoms with Crippen LogP contribution in [0.1, 0.15) is 21.5 Å². The number of hydrogen-bond donors (Lipinski definition) is 1. The summed E-state index contributed by atoms with van der Waals surface area (Å²) in [5.41, 5.74) is 2.73. The van der Waals surface area contributed by atoms with Crippen molar-refractivity contribution in [1.82, 2.24) is 4.31 Å². The number of amides is 1. The van der Waals surface area contributed by atoms with E-state index in [1.807, 2.05) is 25.1 Å². The van der Waals surface area contributed by atoms with Crippen LogP contribution in [0.4, 0.5) is 5.69 Å². The molecule has 1 fully saturated rings. The van der Waals surface area contributed by atoms with Gasteiger partial charge in [-0.1, -0.05) is 6.07 Å². The Balaban J connectivity index is 1.89. The van der Waals surface area contributed by atoms with E-state index in [4.69, 9.17) is 4.74 Å². The molecule has 0 spiro atoms. The smallest absolute Gasteiger partial charge is 0.255 e. The molecule has 1 aliphatic rings. The van der Waals surface area contributed by atoms with E-state index in [1.54, 1.807) is 19.1 Å². The zero-order chi connectivity index (χ0) is 19.6. The van der Waals surface area contributed by atoms with Crippen LogP contribution in [0.15, 0.2) is 41.3 Å². The average molecular weight is 500 g/mol. The lowest BCUT2D eigenvalue weighted by molar-refractivity contribution is 0.0730. The predicted octanol–water partition coefficient (Wildman–Crippen LogP) is 3.18. The summed E-state index contributed by atoms with van der Waals surface area (Å²) >= 11 is 2.21. The highest BCUT2D eigenvalue weighted by molar-refractivity contribution is 14.1. The fourth-order valence-electron chi connectivity index (χ4n) is 2.90. The zero-order valence-electron chi connectivity index (χ0n) is 15.2. The molecule has 144 valence electrons. The van der Waals surface area contributed by atoms with E-state index in [0.717, 1.165) is 14.7 Å². The van der Waals surface area contributed by atoms with Gasteiger partial charge in [-0.2, -0.15) is 4.31 Å². The number of carbonyl (C=O) groups excluding carboxylic acids is 1. The van der Waals surface area contributed by atoms with Gasteiger partial charge in [-0.05, 0) is 77.9 Å². The van der Waals surface area contributed by atoms with E-state index in [1.165, 1.54) is 10.4 Å². The summed E-state index contributed by atoms with van der Waals surface area (Å²) in [7, 11) is -3.65. The molecule has 1 aliphatic heterocycles. The molecule has 0 atom stereocenters. The number of morpholine rings is 1. The molecule has 0 bridgehead atoms. The van der Waals surface area contributed by atoms with Gasteiger partial charge in [0.25, 0.3) is 5.91 Å². The highest BCUT2D eigenvalue weighted by Crippen LogP contribution is 2.23. The van der Waals surface area contributed by atoms with Gasteiger partial charge in [0.2, 0.25) is 10.0 Å². The van der Waals surface area contributed by atoms with Crippen LogP contribution in [0.25, 0.3) is 0 Å². The lowest BCUT2D eigenvalue weighted by Crippen LogP contribution is -2.40. The Morgan fingerprint density at radius 2 is 1.78 bits per heavy atom. The largest absolute Gasteiger partial charge is 0.379 e. The predicted molar refractivity (Wildman–Crippen MR) is 113 cm³/mol. The highest BCUT2D eigenvalue weighted by Gasteiger charge is 2.27. The molecular formula is C19H21IN2O4S. The third-order valence-electron chi connectivity index (χ3n) is 4.50. The first-order valence-corrected chi connectivity index (χ1v) is 11.1. The number of aryl methyl sites for hydroxylation is 2. The van der Waals surface area contributed by atoms with Crippen LogP contribution < -0.4 is 5.32 Å². The van der Waals surface area contributed by atoms with Crippen LogP contribution >= 0.6 is 22.6 Å². The number of benzene rings is 2. The SMILES string of the molecule is Cc1cc(I)ccc1NC(=O)c1cc(S(=O)(=O)N2CCOCC2)ccc1C. The van der Waals surface area contributed by atoms with E-state index in [0.29, 0.717) is 37.6 Å². The van der Waals surface area contributed by atoms with Crippen molar-refractivity contribution in [3.63, 3.8) is 0 Å². The molecule has 8 heteroatoms. The van der Waals surface area contributed by atoms with Gasteiger partial charge in [0.15, 0.2) is 0 Å². The van der Waals surface area contributed by atoms with Gasteiger partial charge in [-0.25, -0.2) is 8.42 Å². The number of sulfonamides is 1. The number of rotatable bonds is 4. The van der Waals surface area contributed by atoms with Crippen molar-refractivity contribution in [3.05, 3.63) is 56.7 Å². The zero-order valence-corrected chi connectivity index (χ0v) is 18.1. The molecule has 1 N–H and O–H groups in total. The van der Waals surface area contributed by atoms with Crippen molar-refractivity contribution < 1.29 is 17.9 Å². The second-order valence-corrected chi connectivity index (χ2v) is 9.59. The average Bonchev–Trinajstić information content (AvgIpc) is 2.65. The summed E-state index contributed by atoms with van der Waals surface area (Å²) in [5.74, 6) is -0.323. The van der Waals surface area contributed by atoms with Gasteiger partial charge in [-0.3, -0.25) is 4.79 Å². The summed E-state index contributed by atoms with van der Waals surface area (Å²) < 4.78 is 33.4. The normalized spacial score (nSPS) is 15.5. The van der Waals surface area contributed by atoms with E-state index in [2.05, 4.69) is 27.9 Å². The van der Waals surface area contributed by atoms with Crippen molar-refractivity contribution in [3.8, 4) is 0 Å². The number of ether oxygens (including phenoxy) is 1. The first kappa shape index (κ1) is 20.2. The minimum Gasteiger partial charge on any atom is -0.379 e. The minimum absolute atomic E-state index is 0.125. The third kappa shape index (κ3) is 4.50. The van der Waals surface area contributed by atoms with E-state index >= 15 is 0 Å². The molecule has 2 aromatic carbocycles. The molecule has 0 unspecified atom stereocenters. The Hall–Kier alpha value is -1.49. The highest BCUT2D eigenvalue weighted by atomic mass is 127. The Labute approximate surface area is 173 Å². The summed E-state index contributed by atoms with van der Waals surface area (Å²) in [5, 5.41) is 2.88. The fraction of sp³-hybridized carbons (Fsp3) is 0.316. The summed E-state index contributed by atoms with van der Waals surface area (Å²) in [6.45, 7) is 5.11. The molecule has 0 aliphatic carbocycles. The standard InChI is InChI=1S/C19H21IN2O4S/c1-13-3-5-16(27(24,25)22-7-9-26-10-8-22)12-17(13)19(23)21-18-6-4-15(20)11-14(18)2/h3-6,11-12H,7-10H2,1-2H3,(H,21,23). The van der Waals surface area contributed by atoms with Crippen molar-refractivity contribution in [2.75, 3.05) is 31.6 Å². The Bertz CT molecular complexity index is 970. The molecule has 27 heavy (non-hydrogen) atoms. The van der Waals surface area contributed by atoms with Crippen LogP contribution in [0, 0.1) is 17.4 Å². The van der Waals surface area contributed by atoms with Gasteiger partial charge >= 0.3 is 0 Å². The number of hydrogen-bond acceptors (Lipinski definition) is 4. The van der Waals surface area contributed by atoms with Crippen LogP contribution in [-0.2, 0) is 14.8 Å². The molecule has 6 nitrogen and oxygen atoms in total. The third-order valence-corrected chi connectivity index (χ3v) is 7.06. The number of halogens is 1. The molecule has 0 radical (unpaired) electrons. The maximum absolute atomic E-state index is 12.9. The lowest BCUT2D eigenvalue weighted by atomic mass is 10.1. The van der Waals surface area contributed by atoms with Gasteiger partial charge < -0.3 is 10.1 Å².